The van der Waals surface area contributed by atoms with Crippen molar-refractivity contribution in [3.63, 3.8) is 0 Å². The third-order valence-electron chi connectivity index (χ3n) is 8.76. The van der Waals surface area contributed by atoms with E-state index >= 15 is 0 Å². The van der Waals surface area contributed by atoms with Crippen molar-refractivity contribution in [1.82, 2.24) is 4.57 Å². The lowest BCUT2D eigenvalue weighted by atomic mass is 9.90. The Morgan fingerprint density at radius 1 is 0.293 bits per heavy atom. The molecule has 0 aliphatic heterocycles. The lowest BCUT2D eigenvalue weighted by Crippen LogP contribution is -1.97. The summed E-state index contributed by atoms with van der Waals surface area (Å²) in [6.45, 7) is 0. The van der Waals surface area contributed by atoms with Crippen LogP contribution >= 0.6 is 0 Å². The summed E-state index contributed by atoms with van der Waals surface area (Å²) < 4.78 is 2.43. The maximum Gasteiger partial charge on any atom is 0.0541 e. The molecule has 0 radical (unpaired) electrons. The number of benzene rings is 8. The smallest absolute Gasteiger partial charge is 0.0541 e. The van der Waals surface area contributed by atoms with Crippen molar-refractivity contribution < 1.29 is 0 Å². The van der Waals surface area contributed by atoms with Gasteiger partial charge in [0, 0.05) is 16.3 Å². The second-order valence-corrected chi connectivity index (χ2v) is 10.9. The minimum Gasteiger partial charge on any atom is -0.309 e. The molecule has 0 amide bonds. The minimum absolute atomic E-state index is 1.20. The lowest BCUT2D eigenvalue weighted by molar-refractivity contribution is 1.18. The number of para-hydroxylation sites is 3. The number of hydrogen-bond acceptors (Lipinski definition) is 0. The lowest BCUT2D eigenvalue weighted by Gasteiger charge is -2.17. The van der Waals surface area contributed by atoms with Crippen molar-refractivity contribution >= 4 is 64.9 Å². The summed E-state index contributed by atoms with van der Waals surface area (Å²) in [5.41, 5.74) is 6.13. The number of rotatable bonds is 2. The first kappa shape index (κ1) is 22.4. The van der Waals surface area contributed by atoms with Gasteiger partial charge in [-0.25, -0.2) is 0 Å². The van der Waals surface area contributed by atoms with Gasteiger partial charge >= 0.3 is 0 Å². The summed E-state index contributed by atoms with van der Waals surface area (Å²) >= 11 is 0. The van der Waals surface area contributed by atoms with E-state index in [0.717, 1.165) is 0 Å². The van der Waals surface area contributed by atoms with Crippen molar-refractivity contribution in [2.24, 2.45) is 0 Å². The first-order chi connectivity index (χ1) is 20.4. The molecule has 0 aliphatic carbocycles. The maximum absolute atomic E-state index is 2.43. The Morgan fingerprint density at radius 2 is 0.756 bits per heavy atom. The molecule has 190 valence electrons. The van der Waals surface area contributed by atoms with Gasteiger partial charge in [-0.15, -0.1) is 0 Å². The average Bonchev–Trinajstić information content (AvgIpc) is 3.38. The summed E-state index contributed by atoms with van der Waals surface area (Å²) in [6.07, 6.45) is 0. The van der Waals surface area contributed by atoms with Gasteiger partial charge in [0.25, 0.3) is 0 Å². The molecule has 0 saturated carbocycles. The van der Waals surface area contributed by atoms with Gasteiger partial charge in [-0.05, 0) is 79.0 Å². The molecule has 0 N–H and O–H groups in total. The van der Waals surface area contributed by atoms with E-state index in [2.05, 4.69) is 156 Å². The van der Waals surface area contributed by atoms with Crippen LogP contribution in [-0.2, 0) is 0 Å². The van der Waals surface area contributed by atoms with Crippen LogP contribution in [0.25, 0.3) is 81.7 Å². The van der Waals surface area contributed by atoms with Crippen molar-refractivity contribution in [2.45, 2.75) is 0 Å². The topological polar surface area (TPSA) is 4.93 Å². The molecule has 0 saturated heterocycles. The second-order valence-electron chi connectivity index (χ2n) is 10.9. The van der Waals surface area contributed by atoms with E-state index in [4.69, 9.17) is 0 Å². The fourth-order valence-electron chi connectivity index (χ4n) is 6.99. The summed E-state index contributed by atoms with van der Waals surface area (Å²) in [4.78, 5) is 0. The van der Waals surface area contributed by atoms with Crippen LogP contribution in [0.4, 0.5) is 0 Å². The van der Waals surface area contributed by atoms with Crippen LogP contribution in [0.3, 0.4) is 0 Å². The Hall–Kier alpha value is -5.40. The summed E-state index contributed by atoms with van der Waals surface area (Å²) in [5, 5.41) is 12.9. The molecule has 1 heteroatoms. The highest BCUT2D eigenvalue weighted by Crippen LogP contribution is 2.42. The van der Waals surface area contributed by atoms with Gasteiger partial charge in [-0.3, -0.25) is 0 Å². The monoisotopic (exact) mass is 519 g/mol. The van der Waals surface area contributed by atoms with Gasteiger partial charge in [0.2, 0.25) is 0 Å². The fourth-order valence-corrected chi connectivity index (χ4v) is 6.99. The van der Waals surface area contributed by atoms with Crippen LogP contribution < -0.4 is 0 Å². The van der Waals surface area contributed by atoms with E-state index in [1.165, 1.54) is 81.7 Å². The molecular weight excluding hydrogens is 494 g/mol. The van der Waals surface area contributed by atoms with E-state index in [-0.39, 0.29) is 0 Å². The summed E-state index contributed by atoms with van der Waals surface area (Å²) in [6, 6.07) is 55.5. The second kappa shape index (κ2) is 8.55. The van der Waals surface area contributed by atoms with E-state index < -0.39 is 0 Å². The molecule has 1 nitrogen and oxygen atoms in total. The molecule has 9 aromatic rings. The predicted octanol–water partition coefficient (Wildman–Crippen LogP) is 11.1. The van der Waals surface area contributed by atoms with Crippen LogP contribution in [0, 0.1) is 0 Å². The zero-order chi connectivity index (χ0) is 26.9. The van der Waals surface area contributed by atoms with Crippen LogP contribution in [-0.4, -0.2) is 4.57 Å². The largest absolute Gasteiger partial charge is 0.309 e. The Morgan fingerprint density at radius 3 is 1.39 bits per heavy atom. The predicted molar refractivity (Wildman–Crippen MR) is 176 cm³/mol. The van der Waals surface area contributed by atoms with E-state index in [0.29, 0.717) is 0 Å². The van der Waals surface area contributed by atoms with Crippen LogP contribution in [0.5, 0.6) is 0 Å². The highest BCUT2D eigenvalue weighted by Gasteiger charge is 2.17. The third kappa shape index (κ3) is 3.18. The maximum atomic E-state index is 2.43. The number of aromatic nitrogens is 1. The molecule has 1 aromatic heterocycles. The zero-order valence-electron chi connectivity index (χ0n) is 22.4. The van der Waals surface area contributed by atoms with Crippen molar-refractivity contribution in [3.05, 3.63) is 152 Å². The molecule has 9 rings (SSSR count). The van der Waals surface area contributed by atoms with Crippen molar-refractivity contribution in [1.29, 1.82) is 0 Å². The molecule has 0 atom stereocenters. The third-order valence-corrected chi connectivity index (χ3v) is 8.76. The van der Waals surface area contributed by atoms with Gasteiger partial charge in [0.1, 0.15) is 0 Å². The van der Waals surface area contributed by atoms with Crippen LogP contribution in [0.15, 0.2) is 152 Å². The van der Waals surface area contributed by atoms with Gasteiger partial charge in [0.15, 0.2) is 0 Å². The average molecular weight is 520 g/mol. The molecule has 1 heterocycles. The van der Waals surface area contributed by atoms with Gasteiger partial charge in [-0.1, -0.05) is 121 Å². The highest BCUT2D eigenvalue weighted by atomic mass is 15.0. The first-order valence-corrected chi connectivity index (χ1v) is 14.2. The van der Waals surface area contributed by atoms with Crippen molar-refractivity contribution in [2.75, 3.05) is 0 Å². The van der Waals surface area contributed by atoms with Gasteiger partial charge in [0.05, 0.1) is 16.7 Å². The Balaban J connectivity index is 1.40. The molecule has 0 aliphatic rings. The molecule has 0 bridgehead atoms. The standard InChI is InChI=1S/C40H25N/c1-3-15-29-27(13-1)28-14-2-4-16-30(28)37-25-35-26(24-36(29)37)12-11-20-31(35)32-17-5-8-21-38(32)41-39-22-9-6-18-33(39)34-19-7-10-23-40(34)41/h1-25H. The van der Waals surface area contributed by atoms with Gasteiger partial charge in [-0.2, -0.15) is 0 Å². The summed E-state index contributed by atoms with van der Waals surface area (Å²) in [7, 11) is 0. The summed E-state index contributed by atoms with van der Waals surface area (Å²) in [5.74, 6) is 0. The number of hydrogen-bond donors (Lipinski definition) is 0. The zero-order valence-corrected chi connectivity index (χ0v) is 22.4. The Bertz CT molecular complexity index is 2420. The number of fused-ring (bicyclic) bond motifs is 10. The molecule has 0 fully saturated rings. The SMILES string of the molecule is c1ccc(-n2c3ccccc3c3ccccc32)c(-c2cccc3cc4c5ccccc5c5ccccc5c4cc23)c1. The quantitative estimate of drug-likeness (QED) is 0.158. The molecule has 0 spiro atoms. The van der Waals surface area contributed by atoms with Crippen LogP contribution in [0.2, 0.25) is 0 Å². The van der Waals surface area contributed by atoms with Gasteiger partial charge < -0.3 is 4.57 Å². The highest BCUT2D eigenvalue weighted by molar-refractivity contribution is 6.27. The van der Waals surface area contributed by atoms with E-state index in [1.807, 2.05) is 0 Å². The van der Waals surface area contributed by atoms with E-state index in [9.17, 15) is 0 Å². The molecule has 0 unspecified atom stereocenters. The molecule has 8 aromatic carbocycles. The van der Waals surface area contributed by atoms with Crippen molar-refractivity contribution in [3.8, 4) is 16.8 Å². The first-order valence-electron chi connectivity index (χ1n) is 14.2. The fraction of sp³-hybridized carbons (Fsp3) is 0. The molecular formula is C40H25N. The Kier molecular flexibility index (Phi) is 4.67. The van der Waals surface area contributed by atoms with E-state index in [1.54, 1.807) is 0 Å². The minimum atomic E-state index is 1.20. The normalized spacial score (nSPS) is 11.9. The van der Waals surface area contributed by atoms with Crippen LogP contribution in [0.1, 0.15) is 0 Å². The molecule has 41 heavy (non-hydrogen) atoms. The Labute approximate surface area is 237 Å². The number of nitrogens with zero attached hydrogens (tertiary/aromatic N) is 1.